The number of likely N-dealkylation sites (tertiary alicyclic amines) is 1. The lowest BCUT2D eigenvalue weighted by molar-refractivity contribution is -0.145. The van der Waals surface area contributed by atoms with Crippen molar-refractivity contribution in [3.63, 3.8) is 0 Å². The van der Waals surface area contributed by atoms with Crippen LogP contribution in [0.25, 0.3) is 0 Å². The first-order chi connectivity index (χ1) is 9.02. The van der Waals surface area contributed by atoms with E-state index in [2.05, 4.69) is 9.72 Å². The molecule has 7 heteroatoms. The van der Waals surface area contributed by atoms with Gasteiger partial charge in [0.15, 0.2) is 0 Å². The zero-order chi connectivity index (χ0) is 14.0. The number of carbonyl (C=O) groups excluding carboxylic acids is 2. The van der Waals surface area contributed by atoms with Crippen molar-refractivity contribution in [2.24, 2.45) is 0 Å². The van der Waals surface area contributed by atoms with Crippen LogP contribution in [0.1, 0.15) is 16.8 Å². The number of hydrogen-bond acceptors (Lipinski definition) is 5. The molecule has 1 aromatic heterocycles. The highest BCUT2D eigenvalue weighted by atomic mass is 19.1. The van der Waals surface area contributed by atoms with Crippen LogP contribution in [0, 0.1) is 5.95 Å². The fourth-order valence-electron chi connectivity index (χ4n) is 2.10. The minimum absolute atomic E-state index is 0.0164. The molecule has 1 aliphatic heterocycles. The summed E-state index contributed by atoms with van der Waals surface area (Å²) < 4.78 is 17.6. The predicted octanol–water partition coefficient (Wildman–Crippen LogP) is -0.0309. The number of nitrogens with zero attached hydrogens (tertiary/aromatic N) is 2. The van der Waals surface area contributed by atoms with Gasteiger partial charge in [-0.3, -0.25) is 4.79 Å². The summed E-state index contributed by atoms with van der Waals surface area (Å²) in [7, 11) is 1.21. The van der Waals surface area contributed by atoms with Crippen LogP contribution >= 0.6 is 0 Å². The van der Waals surface area contributed by atoms with Crippen molar-refractivity contribution in [1.82, 2.24) is 9.88 Å². The topological polar surface area (TPSA) is 79.7 Å². The predicted molar refractivity (Wildman–Crippen MR) is 61.7 cm³/mol. The summed E-state index contributed by atoms with van der Waals surface area (Å²) in [6.45, 7) is 0.0164. The average Bonchev–Trinajstić information content (AvgIpc) is 2.79. The Morgan fingerprint density at radius 1 is 1.58 bits per heavy atom. The number of aliphatic hydroxyl groups excluding tert-OH is 1. The van der Waals surface area contributed by atoms with Crippen molar-refractivity contribution in [3.8, 4) is 0 Å². The van der Waals surface area contributed by atoms with Gasteiger partial charge in [-0.1, -0.05) is 0 Å². The SMILES string of the molecule is COC(=O)C1CC(O)CN1C(=O)c1ccnc(F)c1. The molecule has 1 aliphatic rings. The van der Waals surface area contributed by atoms with E-state index in [1.807, 2.05) is 0 Å². The molecule has 0 radical (unpaired) electrons. The first-order valence-electron chi connectivity index (χ1n) is 5.71. The van der Waals surface area contributed by atoms with Gasteiger partial charge in [-0.15, -0.1) is 0 Å². The van der Waals surface area contributed by atoms with Crippen molar-refractivity contribution in [3.05, 3.63) is 29.8 Å². The van der Waals surface area contributed by atoms with Gasteiger partial charge >= 0.3 is 5.97 Å². The van der Waals surface area contributed by atoms with E-state index in [1.54, 1.807) is 0 Å². The largest absolute Gasteiger partial charge is 0.467 e. The summed E-state index contributed by atoms with van der Waals surface area (Å²) in [5.41, 5.74) is 0.0792. The summed E-state index contributed by atoms with van der Waals surface area (Å²) >= 11 is 0. The molecular formula is C12H13FN2O4. The summed E-state index contributed by atoms with van der Waals surface area (Å²) in [5, 5.41) is 9.58. The molecular weight excluding hydrogens is 255 g/mol. The van der Waals surface area contributed by atoms with Crippen molar-refractivity contribution in [1.29, 1.82) is 0 Å². The third-order valence-electron chi connectivity index (χ3n) is 2.99. The van der Waals surface area contributed by atoms with E-state index in [1.165, 1.54) is 24.3 Å². The van der Waals surface area contributed by atoms with Gasteiger partial charge in [-0.05, 0) is 6.07 Å². The number of methoxy groups -OCH3 is 1. The molecule has 2 atom stereocenters. The molecule has 6 nitrogen and oxygen atoms in total. The first-order valence-corrected chi connectivity index (χ1v) is 5.71. The molecule has 1 saturated heterocycles. The Bertz CT molecular complexity index is 508. The Labute approximate surface area is 108 Å². The van der Waals surface area contributed by atoms with Crippen LogP contribution in [-0.4, -0.2) is 52.7 Å². The Hall–Kier alpha value is -2.02. The molecule has 2 unspecified atom stereocenters. The number of hydrogen-bond donors (Lipinski definition) is 1. The molecule has 102 valence electrons. The summed E-state index contributed by atoms with van der Waals surface area (Å²) in [4.78, 5) is 28.3. The number of halogens is 1. The normalized spacial score (nSPS) is 22.4. The maximum Gasteiger partial charge on any atom is 0.328 e. The molecule has 0 bridgehead atoms. The highest BCUT2D eigenvalue weighted by Gasteiger charge is 2.39. The van der Waals surface area contributed by atoms with Crippen LogP contribution in [0.5, 0.6) is 0 Å². The Kier molecular flexibility index (Phi) is 3.75. The van der Waals surface area contributed by atoms with Crippen molar-refractivity contribution in [2.45, 2.75) is 18.6 Å². The lowest BCUT2D eigenvalue weighted by atomic mass is 10.2. The third-order valence-corrected chi connectivity index (χ3v) is 2.99. The summed E-state index contributed by atoms with van der Waals surface area (Å²) in [6, 6.07) is 1.50. The molecule has 1 fully saturated rings. The number of amides is 1. The maximum atomic E-state index is 13.0. The summed E-state index contributed by atoms with van der Waals surface area (Å²) in [5.74, 6) is -1.91. The van der Waals surface area contributed by atoms with E-state index in [9.17, 15) is 19.1 Å². The molecule has 0 aliphatic carbocycles. The van der Waals surface area contributed by atoms with Gasteiger partial charge in [0.25, 0.3) is 5.91 Å². The highest BCUT2D eigenvalue weighted by molar-refractivity contribution is 5.97. The molecule has 2 rings (SSSR count). The fraction of sp³-hybridized carbons (Fsp3) is 0.417. The smallest absolute Gasteiger partial charge is 0.328 e. The van der Waals surface area contributed by atoms with Crippen LogP contribution < -0.4 is 0 Å². The number of β-amino-alcohol motifs (C(OH)–C–C–N with tert-alkyl or cyclic N) is 1. The third kappa shape index (κ3) is 2.70. The fourth-order valence-corrected chi connectivity index (χ4v) is 2.10. The minimum atomic E-state index is -0.844. The lowest BCUT2D eigenvalue weighted by Crippen LogP contribution is -2.41. The number of carbonyl (C=O) groups is 2. The second-order valence-corrected chi connectivity index (χ2v) is 4.25. The maximum absolute atomic E-state index is 13.0. The second kappa shape index (κ2) is 5.31. The number of aliphatic hydroxyl groups is 1. The highest BCUT2D eigenvalue weighted by Crippen LogP contribution is 2.21. The number of rotatable bonds is 2. The lowest BCUT2D eigenvalue weighted by Gasteiger charge is -2.22. The van der Waals surface area contributed by atoms with Gasteiger partial charge in [0.2, 0.25) is 5.95 Å². The Morgan fingerprint density at radius 2 is 2.32 bits per heavy atom. The molecule has 0 spiro atoms. The van der Waals surface area contributed by atoms with Crippen molar-refractivity contribution >= 4 is 11.9 Å². The zero-order valence-electron chi connectivity index (χ0n) is 10.2. The first kappa shape index (κ1) is 13.4. The van der Waals surface area contributed by atoms with Crippen LogP contribution in [-0.2, 0) is 9.53 Å². The monoisotopic (exact) mass is 268 g/mol. The minimum Gasteiger partial charge on any atom is -0.467 e. The van der Waals surface area contributed by atoms with Gasteiger partial charge in [0.1, 0.15) is 6.04 Å². The van der Waals surface area contributed by atoms with E-state index >= 15 is 0 Å². The number of aromatic nitrogens is 1. The van der Waals surface area contributed by atoms with E-state index in [4.69, 9.17) is 0 Å². The van der Waals surface area contributed by atoms with E-state index in [-0.39, 0.29) is 18.5 Å². The zero-order valence-corrected chi connectivity index (χ0v) is 10.2. The average molecular weight is 268 g/mol. The Balaban J connectivity index is 2.24. The molecule has 1 N–H and O–H groups in total. The summed E-state index contributed by atoms with van der Waals surface area (Å²) in [6.07, 6.45) is 0.494. The Morgan fingerprint density at radius 3 is 2.95 bits per heavy atom. The van der Waals surface area contributed by atoms with Crippen molar-refractivity contribution in [2.75, 3.05) is 13.7 Å². The number of esters is 1. The molecule has 2 heterocycles. The van der Waals surface area contributed by atoms with Crippen LogP contribution in [0.3, 0.4) is 0 Å². The van der Waals surface area contributed by atoms with E-state index in [0.29, 0.717) is 0 Å². The van der Waals surface area contributed by atoms with Crippen LogP contribution in [0.15, 0.2) is 18.3 Å². The van der Waals surface area contributed by atoms with Gasteiger partial charge in [-0.2, -0.15) is 4.39 Å². The van der Waals surface area contributed by atoms with Gasteiger partial charge < -0.3 is 14.7 Å². The van der Waals surface area contributed by atoms with Crippen LogP contribution in [0.2, 0.25) is 0 Å². The molecule has 0 saturated carbocycles. The second-order valence-electron chi connectivity index (χ2n) is 4.25. The van der Waals surface area contributed by atoms with Crippen molar-refractivity contribution < 1.29 is 23.8 Å². The van der Waals surface area contributed by atoms with Gasteiger partial charge in [-0.25, -0.2) is 9.78 Å². The number of pyridine rings is 1. The van der Waals surface area contributed by atoms with Gasteiger partial charge in [0.05, 0.1) is 13.2 Å². The quantitative estimate of drug-likeness (QED) is 0.602. The van der Waals surface area contributed by atoms with E-state index < -0.39 is 30.0 Å². The molecule has 19 heavy (non-hydrogen) atoms. The van der Waals surface area contributed by atoms with E-state index in [0.717, 1.165) is 6.07 Å². The molecule has 1 aromatic rings. The van der Waals surface area contributed by atoms with Crippen LogP contribution in [0.4, 0.5) is 4.39 Å². The molecule has 0 aromatic carbocycles. The standard InChI is InChI=1S/C12H13FN2O4/c1-19-12(18)9-5-8(16)6-15(9)11(17)7-2-3-14-10(13)4-7/h2-4,8-9,16H,5-6H2,1H3. The molecule has 1 amide bonds. The van der Waals surface area contributed by atoms with Gasteiger partial charge in [0, 0.05) is 30.8 Å². The number of ether oxygens (including phenoxy) is 1.